The van der Waals surface area contributed by atoms with Gasteiger partial charge in [-0.2, -0.15) is 5.10 Å². The topological polar surface area (TPSA) is 73.2 Å². The summed E-state index contributed by atoms with van der Waals surface area (Å²) in [5, 5.41) is 9.14. The summed E-state index contributed by atoms with van der Waals surface area (Å²) in [6.07, 6.45) is -0.782. The third kappa shape index (κ3) is 4.00. The molecule has 0 unspecified atom stereocenters. The second-order valence-electron chi connectivity index (χ2n) is 6.61. The van der Waals surface area contributed by atoms with E-state index in [1.165, 1.54) is 0 Å². The summed E-state index contributed by atoms with van der Waals surface area (Å²) in [4.78, 5) is 24.7. The minimum atomic E-state index is -0.897. The fourth-order valence-electron chi connectivity index (χ4n) is 3.07. The first kappa shape index (κ1) is 18.6. The average molecular weight is 365 g/mol. The van der Waals surface area contributed by atoms with Crippen LogP contribution in [0.1, 0.15) is 23.9 Å². The van der Waals surface area contributed by atoms with Crippen LogP contribution in [-0.2, 0) is 27.8 Å². The van der Waals surface area contributed by atoms with Crippen molar-refractivity contribution in [3.05, 3.63) is 59.4 Å². The number of rotatable bonds is 5. The number of nitrogens with zero attached hydrogens (tertiary/aromatic N) is 2. The van der Waals surface area contributed by atoms with E-state index in [9.17, 15) is 9.59 Å². The van der Waals surface area contributed by atoms with Crippen molar-refractivity contribution in [2.24, 2.45) is 7.05 Å². The Labute approximate surface area is 158 Å². The lowest BCUT2D eigenvalue weighted by Crippen LogP contribution is -2.30. The number of carbonyl (C=O) groups is 2. The number of nitrogens with one attached hydrogen (secondary N) is 1. The predicted octanol–water partition coefficient (Wildman–Crippen LogP) is 3.30. The zero-order valence-electron chi connectivity index (χ0n) is 15.9. The summed E-state index contributed by atoms with van der Waals surface area (Å²) in [6.45, 7) is 5.25. The summed E-state index contributed by atoms with van der Waals surface area (Å²) in [5.41, 5.74) is 3.09. The van der Waals surface area contributed by atoms with E-state index < -0.39 is 12.1 Å². The normalized spacial score (nSPS) is 12.0. The maximum atomic E-state index is 12.4. The van der Waals surface area contributed by atoms with Gasteiger partial charge in [-0.25, -0.2) is 0 Å². The second-order valence-corrected chi connectivity index (χ2v) is 6.61. The Balaban J connectivity index is 1.65. The number of carbonyl (C=O) groups excluding carboxylic acids is 2. The summed E-state index contributed by atoms with van der Waals surface area (Å²) in [6, 6.07) is 13.7. The molecule has 140 valence electrons. The standard InChI is InChI=1S/C21H23N3O3/c1-13-20(14(2)24(4)23-13)22-21(26)15(3)27-19(25)12-17-10-7-9-16-8-5-6-11-18(16)17/h5-11,15H,12H2,1-4H3,(H,22,26)/t15-/m1/s1. The minimum Gasteiger partial charge on any atom is -0.452 e. The molecule has 2 aromatic carbocycles. The SMILES string of the molecule is Cc1nn(C)c(C)c1NC(=O)[C@@H](C)OC(=O)Cc1cccc2ccccc12. The van der Waals surface area contributed by atoms with Gasteiger partial charge in [0, 0.05) is 7.05 Å². The maximum Gasteiger partial charge on any atom is 0.311 e. The Morgan fingerprint density at radius 2 is 1.85 bits per heavy atom. The smallest absolute Gasteiger partial charge is 0.311 e. The van der Waals surface area contributed by atoms with Crippen LogP contribution < -0.4 is 5.32 Å². The van der Waals surface area contributed by atoms with Crippen LogP contribution in [0.5, 0.6) is 0 Å². The fraction of sp³-hybridized carbons (Fsp3) is 0.286. The molecular formula is C21H23N3O3. The minimum absolute atomic E-state index is 0.115. The van der Waals surface area contributed by atoms with Gasteiger partial charge < -0.3 is 10.1 Å². The van der Waals surface area contributed by atoms with Crippen LogP contribution >= 0.6 is 0 Å². The van der Waals surface area contributed by atoms with Gasteiger partial charge >= 0.3 is 5.97 Å². The van der Waals surface area contributed by atoms with E-state index in [4.69, 9.17) is 4.74 Å². The highest BCUT2D eigenvalue weighted by molar-refractivity contribution is 5.96. The zero-order chi connectivity index (χ0) is 19.6. The molecule has 1 amide bonds. The molecular weight excluding hydrogens is 342 g/mol. The number of hydrogen-bond acceptors (Lipinski definition) is 4. The highest BCUT2D eigenvalue weighted by Gasteiger charge is 2.21. The summed E-state index contributed by atoms with van der Waals surface area (Å²) < 4.78 is 7.04. The highest BCUT2D eigenvalue weighted by atomic mass is 16.5. The molecule has 0 fully saturated rings. The van der Waals surface area contributed by atoms with E-state index in [2.05, 4.69) is 10.4 Å². The third-order valence-electron chi connectivity index (χ3n) is 4.65. The second kappa shape index (κ2) is 7.61. The fourth-order valence-corrected chi connectivity index (χ4v) is 3.07. The molecule has 3 aromatic rings. The van der Waals surface area contributed by atoms with Crippen LogP contribution in [0.15, 0.2) is 42.5 Å². The third-order valence-corrected chi connectivity index (χ3v) is 4.65. The first-order valence-electron chi connectivity index (χ1n) is 8.84. The molecule has 0 saturated carbocycles. The lowest BCUT2D eigenvalue weighted by molar-refractivity contribution is -0.152. The number of amides is 1. The molecule has 6 nitrogen and oxygen atoms in total. The van der Waals surface area contributed by atoms with Crippen molar-refractivity contribution >= 4 is 28.3 Å². The van der Waals surface area contributed by atoms with Gasteiger partial charge in [-0.05, 0) is 37.1 Å². The quantitative estimate of drug-likeness (QED) is 0.704. The summed E-state index contributed by atoms with van der Waals surface area (Å²) >= 11 is 0. The summed E-state index contributed by atoms with van der Waals surface area (Å²) in [5.74, 6) is -0.811. The first-order chi connectivity index (χ1) is 12.9. The number of fused-ring (bicyclic) bond motifs is 1. The van der Waals surface area contributed by atoms with Crippen molar-refractivity contribution in [2.75, 3.05) is 5.32 Å². The van der Waals surface area contributed by atoms with Gasteiger partial charge in [-0.3, -0.25) is 14.3 Å². The Hall–Kier alpha value is -3.15. The van der Waals surface area contributed by atoms with E-state index in [0.717, 1.165) is 27.7 Å². The number of ether oxygens (including phenoxy) is 1. The van der Waals surface area contributed by atoms with Crippen LogP contribution in [0, 0.1) is 13.8 Å². The molecule has 3 rings (SSSR count). The number of esters is 1. The Bertz CT molecular complexity index is 1000. The summed E-state index contributed by atoms with van der Waals surface area (Å²) in [7, 11) is 1.81. The number of aryl methyl sites for hydroxylation is 2. The van der Waals surface area contributed by atoms with Crippen molar-refractivity contribution in [1.82, 2.24) is 9.78 Å². The van der Waals surface area contributed by atoms with Crippen molar-refractivity contribution in [3.8, 4) is 0 Å². The lowest BCUT2D eigenvalue weighted by atomic mass is 10.0. The van der Waals surface area contributed by atoms with Gasteiger partial charge in [-0.1, -0.05) is 42.5 Å². The van der Waals surface area contributed by atoms with Crippen LogP contribution in [0.25, 0.3) is 10.8 Å². The Kier molecular flexibility index (Phi) is 5.26. The molecule has 0 spiro atoms. The number of aromatic nitrogens is 2. The predicted molar refractivity (Wildman–Crippen MR) is 105 cm³/mol. The first-order valence-corrected chi connectivity index (χ1v) is 8.84. The van der Waals surface area contributed by atoms with Gasteiger partial charge in [0.2, 0.25) is 0 Å². The Morgan fingerprint density at radius 3 is 2.56 bits per heavy atom. The van der Waals surface area contributed by atoms with Crippen LogP contribution in [-0.4, -0.2) is 27.8 Å². The molecule has 0 aliphatic rings. The Morgan fingerprint density at radius 1 is 1.15 bits per heavy atom. The van der Waals surface area contributed by atoms with Crippen LogP contribution in [0.3, 0.4) is 0 Å². The van der Waals surface area contributed by atoms with Crippen molar-refractivity contribution < 1.29 is 14.3 Å². The largest absolute Gasteiger partial charge is 0.452 e. The average Bonchev–Trinajstić information content (AvgIpc) is 2.88. The highest BCUT2D eigenvalue weighted by Crippen LogP contribution is 2.20. The van der Waals surface area contributed by atoms with E-state index in [0.29, 0.717) is 5.69 Å². The van der Waals surface area contributed by atoms with E-state index >= 15 is 0 Å². The number of hydrogen-bond donors (Lipinski definition) is 1. The molecule has 0 aliphatic heterocycles. The number of anilines is 1. The van der Waals surface area contributed by atoms with Crippen molar-refractivity contribution in [2.45, 2.75) is 33.3 Å². The molecule has 1 N–H and O–H groups in total. The van der Waals surface area contributed by atoms with Gasteiger partial charge in [0.15, 0.2) is 6.10 Å². The molecule has 1 aromatic heterocycles. The molecule has 1 heterocycles. The van der Waals surface area contributed by atoms with Crippen molar-refractivity contribution in [1.29, 1.82) is 0 Å². The monoisotopic (exact) mass is 365 g/mol. The van der Waals surface area contributed by atoms with Crippen LogP contribution in [0.4, 0.5) is 5.69 Å². The van der Waals surface area contributed by atoms with E-state index in [1.807, 2.05) is 63.4 Å². The van der Waals surface area contributed by atoms with Crippen molar-refractivity contribution in [3.63, 3.8) is 0 Å². The molecule has 0 radical (unpaired) electrons. The van der Waals surface area contributed by atoms with Gasteiger partial charge in [0.25, 0.3) is 5.91 Å². The molecule has 27 heavy (non-hydrogen) atoms. The lowest BCUT2D eigenvalue weighted by Gasteiger charge is -2.14. The molecule has 1 atom stereocenters. The molecule has 0 saturated heterocycles. The van der Waals surface area contributed by atoms with Gasteiger partial charge in [0.05, 0.1) is 23.5 Å². The van der Waals surface area contributed by atoms with Crippen LogP contribution in [0.2, 0.25) is 0 Å². The molecule has 0 aliphatic carbocycles. The number of benzene rings is 2. The zero-order valence-corrected chi connectivity index (χ0v) is 15.9. The van der Waals surface area contributed by atoms with Gasteiger partial charge in [0.1, 0.15) is 0 Å². The molecule has 0 bridgehead atoms. The van der Waals surface area contributed by atoms with Gasteiger partial charge in [-0.15, -0.1) is 0 Å². The maximum absolute atomic E-state index is 12.4. The van der Waals surface area contributed by atoms with E-state index in [1.54, 1.807) is 11.6 Å². The molecule has 6 heteroatoms. The van der Waals surface area contributed by atoms with E-state index in [-0.39, 0.29) is 12.3 Å².